The van der Waals surface area contributed by atoms with Gasteiger partial charge in [0.05, 0.1) is 0 Å². The monoisotopic (exact) mass is 205 g/mol. The van der Waals surface area contributed by atoms with E-state index in [9.17, 15) is 0 Å². The summed E-state index contributed by atoms with van der Waals surface area (Å²) in [5.74, 6) is 2.05. The molecule has 1 heterocycles. The van der Waals surface area contributed by atoms with Crippen molar-refractivity contribution in [3.63, 3.8) is 0 Å². The average Bonchev–Trinajstić information content (AvgIpc) is 2.50. The predicted octanol–water partition coefficient (Wildman–Crippen LogP) is 4.14. The highest BCUT2D eigenvalue weighted by molar-refractivity contribution is 5.12. The van der Waals surface area contributed by atoms with Gasteiger partial charge in [0.25, 0.3) is 0 Å². The molecule has 2 atom stereocenters. The van der Waals surface area contributed by atoms with Gasteiger partial charge in [-0.25, -0.2) is 0 Å². The molecule has 0 spiro atoms. The number of pyridine rings is 1. The van der Waals surface area contributed by atoms with Crippen LogP contribution in [0.5, 0.6) is 0 Å². The van der Waals surface area contributed by atoms with Crippen LogP contribution in [0.15, 0.2) is 18.3 Å². The molecule has 1 aliphatic rings. The summed E-state index contributed by atoms with van der Waals surface area (Å²) in [5, 5.41) is 0. The molecule has 0 amide bonds. The van der Waals surface area contributed by atoms with Gasteiger partial charge < -0.3 is 0 Å². The third-order valence-corrected chi connectivity index (χ3v) is 3.01. The normalized spacial score (nSPS) is 24.5. The van der Waals surface area contributed by atoms with E-state index in [1.165, 1.54) is 24.8 Å². The molecule has 0 aliphatic heterocycles. The maximum atomic E-state index is 4.04. The number of nitrogens with zero attached hydrogens (tertiary/aromatic N) is 1. The summed E-state index contributed by atoms with van der Waals surface area (Å²) < 4.78 is 0. The van der Waals surface area contributed by atoms with E-state index in [2.05, 4.69) is 31.8 Å². The van der Waals surface area contributed by atoms with Gasteiger partial charge >= 0.3 is 0 Å². The summed E-state index contributed by atoms with van der Waals surface area (Å²) in [6, 6.07) is 4.05. The van der Waals surface area contributed by atoms with Crippen LogP contribution in [0.3, 0.4) is 0 Å². The molecule has 0 N–H and O–H groups in total. The fourth-order valence-corrected chi connectivity index (χ4v) is 2.18. The molecule has 1 aliphatic carbocycles. The summed E-state index contributed by atoms with van der Waals surface area (Å²) in [7, 11) is 0. The molecule has 1 fully saturated rings. The van der Waals surface area contributed by atoms with Crippen LogP contribution in [0.1, 0.15) is 44.4 Å². The Bertz CT molecular complexity index is 268. The zero-order chi connectivity index (χ0) is 11.3. The van der Waals surface area contributed by atoms with Crippen molar-refractivity contribution < 1.29 is 0 Å². The maximum absolute atomic E-state index is 4.04. The standard InChI is InChI=1S/C7H9N.C7H14/c1-6-3-4-8-7(2)5-6;1-6-3-4-7(2)5-6/h3-5H,1-2H3;6-7H,3-5H2,1-2H3. The highest BCUT2D eigenvalue weighted by atomic mass is 14.6. The van der Waals surface area contributed by atoms with Gasteiger partial charge in [-0.3, -0.25) is 4.98 Å². The second kappa shape index (κ2) is 5.89. The predicted molar refractivity (Wildman–Crippen MR) is 65.9 cm³/mol. The van der Waals surface area contributed by atoms with Gasteiger partial charge in [-0.2, -0.15) is 0 Å². The summed E-state index contributed by atoms with van der Waals surface area (Å²) in [4.78, 5) is 4.04. The first kappa shape index (κ1) is 12.2. The summed E-state index contributed by atoms with van der Waals surface area (Å²) in [5.41, 5.74) is 2.36. The Morgan fingerprint density at radius 3 is 2.00 bits per heavy atom. The quantitative estimate of drug-likeness (QED) is 0.620. The van der Waals surface area contributed by atoms with Gasteiger partial charge in [0.15, 0.2) is 0 Å². The Balaban J connectivity index is 0.000000151. The van der Waals surface area contributed by atoms with Gasteiger partial charge in [0, 0.05) is 11.9 Å². The third-order valence-electron chi connectivity index (χ3n) is 3.01. The number of hydrogen-bond acceptors (Lipinski definition) is 1. The van der Waals surface area contributed by atoms with E-state index in [4.69, 9.17) is 0 Å². The van der Waals surface area contributed by atoms with Crippen molar-refractivity contribution in [1.82, 2.24) is 4.98 Å². The first-order valence-electron chi connectivity index (χ1n) is 5.97. The lowest BCUT2D eigenvalue weighted by atomic mass is 10.1. The van der Waals surface area contributed by atoms with Gasteiger partial charge in [-0.1, -0.05) is 26.7 Å². The average molecular weight is 205 g/mol. The Morgan fingerprint density at radius 2 is 1.73 bits per heavy atom. The first-order chi connectivity index (χ1) is 7.08. The van der Waals surface area contributed by atoms with Crippen LogP contribution >= 0.6 is 0 Å². The second-order valence-electron chi connectivity index (χ2n) is 5.00. The fourth-order valence-electron chi connectivity index (χ4n) is 2.18. The van der Waals surface area contributed by atoms with Gasteiger partial charge in [0.2, 0.25) is 0 Å². The minimum Gasteiger partial charge on any atom is -0.262 e. The van der Waals surface area contributed by atoms with Crippen molar-refractivity contribution in [2.75, 3.05) is 0 Å². The Labute approximate surface area is 93.9 Å². The lowest BCUT2D eigenvalue weighted by molar-refractivity contribution is 0.555. The van der Waals surface area contributed by atoms with Gasteiger partial charge in [0.1, 0.15) is 0 Å². The van der Waals surface area contributed by atoms with E-state index >= 15 is 0 Å². The van der Waals surface area contributed by atoms with Crippen LogP contribution in [0.4, 0.5) is 0 Å². The molecule has 0 bridgehead atoms. The van der Waals surface area contributed by atoms with Gasteiger partial charge in [-0.05, 0) is 49.8 Å². The van der Waals surface area contributed by atoms with Crippen LogP contribution in [0, 0.1) is 25.7 Å². The first-order valence-corrected chi connectivity index (χ1v) is 5.97. The molecule has 1 nitrogen and oxygen atoms in total. The van der Waals surface area contributed by atoms with Crippen molar-refractivity contribution in [1.29, 1.82) is 0 Å². The molecule has 0 saturated heterocycles. The highest BCUT2D eigenvalue weighted by Gasteiger charge is 2.15. The lowest BCUT2D eigenvalue weighted by Gasteiger charge is -1.96. The van der Waals surface area contributed by atoms with Crippen molar-refractivity contribution in [3.05, 3.63) is 29.6 Å². The molecule has 15 heavy (non-hydrogen) atoms. The SMILES string of the molecule is CC1CCC(C)C1.Cc1ccnc(C)c1. The molecular formula is C14H23N. The van der Waals surface area contributed by atoms with E-state index in [-0.39, 0.29) is 0 Å². The number of hydrogen-bond donors (Lipinski definition) is 0. The van der Waals surface area contributed by atoms with E-state index < -0.39 is 0 Å². The van der Waals surface area contributed by atoms with Crippen LogP contribution in [-0.2, 0) is 0 Å². The molecular weight excluding hydrogens is 182 g/mol. The minimum absolute atomic E-state index is 1.02. The molecule has 1 aromatic rings. The Kier molecular flexibility index (Phi) is 4.80. The molecule has 2 rings (SSSR count). The van der Waals surface area contributed by atoms with Crippen molar-refractivity contribution in [2.24, 2.45) is 11.8 Å². The zero-order valence-corrected chi connectivity index (χ0v) is 10.5. The number of rotatable bonds is 0. The summed E-state index contributed by atoms with van der Waals surface area (Å²) in [6.07, 6.45) is 6.24. The van der Waals surface area contributed by atoms with Crippen molar-refractivity contribution >= 4 is 0 Å². The summed E-state index contributed by atoms with van der Waals surface area (Å²) in [6.45, 7) is 8.76. The molecule has 0 aromatic carbocycles. The second-order valence-corrected chi connectivity index (χ2v) is 5.00. The van der Waals surface area contributed by atoms with Crippen LogP contribution < -0.4 is 0 Å². The minimum atomic E-state index is 1.02. The van der Waals surface area contributed by atoms with Gasteiger partial charge in [-0.15, -0.1) is 0 Å². The third kappa shape index (κ3) is 4.96. The molecule has 1 saturated carbocycles. The number of aryl methyl sites for hydroxylation is 2. The summed E-state index contributed by atoms with van der Waals surface area (Å²) >= 11 is 0. The van der Waals surface area contributed by atoms with Crippen LogP contribution in [0.2, 0.25) is 0 Å². The zero-order valence-electron chi connectivity index (χ0n) is 10.5. The van der Waals surface area contributed by atoms with E-state index in [1.807, 2.05) is 19.2 Å². The molecule has 0 radical (unpaired) electrons. The fraction of sp³-hybridized carbons (Fsp3) is 0.643. The van der Waals surface area contributed by atoms with Crippen molar-refractivity contribution in [3.8, 4) is 0 Å². The highest BCUT2D eigenvalue weighted by Crippen LogP contribution is 2.29. The lowest BCUT2D eigenvalue weighted by Crippen LogP contribution is -1.84. The maximum Gasteiger partial charge on any atom is 0.0375 e. The largest absolute Gasteiger partial charge is 0.262 e. The molecule has 1 aromatic heterocycles. The molecule has 1 heteroatoms. The topological polar surface area (TPSA) is 12.9 Å². The smallest absolute Gasteiger partial charge is 0.0375 e. The van der Waals surface area contributed by atoms with Crippen LogP contribution in [0.25, 0.3) is 0 Å². The van der Waals surface area contributed by atoms with Crippen molar-refractivity contribution in [2.45, 2.75) is 47.0 Å². The number of aromatic nitrogens is 1. The van der Waals surface area contributed by atoms with Crippen LogP contribution in [-0.4, -0.2) is 4.98 Å². The molecule has 84 valence electrons. The Morgan fingerprint density at radius 1 is 1.13 bits per heavy atom. The van der Waals surface area contributed by atoms with E-state index in [1.54, 1.807) is 0 Å². The van der Waals surface area contributed by atoms with E-state index in [0.717, 1.165) is 17.5 Å². The molecule has 2 unspecified atom stereocenters. The Hall–Kier alpha value is -0.850. The van der Waals surface area contributed by atoms with E-state index in [0.29, 0.717) is 0 Å².